The average Bonchev–Trinajstić information content (AvgIpc) is 2.66. The molecule has 0 spiro atoms. The van der Waals surface area contributed by atoms with E-state index in [1.165, 1.54) is 0 Å². The molecule has 0 bridgehead atoms. The minimum absolute atomic E-state index is 0.351. The van der Waals surface area contributed by atoms with Gasteiger partial charge < -0.3 is 4.42 Å². The van der Waals surface area contributed by atoms with Gasteiger partial charge in [0, 0.05) is 16.9 Å². The van der Waals surface area contributed by atoms with Crippen LogP contribution >= 0.6 is 15.9 Å². The van der Waals surface area contributed by atoms with Gasteiger partial charge in [0.25, 0.3) is 0 Å². The number of rotatable bonds is 2. The summed E-state index contributed by atoms with van der Waals surface area (Å²) in [5.74, 6) is -0.351. The highest BCUT2D eigenvalue weighted by atomic mass is 79.9. The van der Waals surface area contributed by atoms with Gasteiger partial charge in [-0.15, -0.1) is 0 Å². The van der Waals surface area contributed by atoms with Crippen LogP contribution in [0.5, 0.6) is 0 Å². The lowest BCUT2D eigenvalue weighted by atomic mass is 10.2. The molecule has 0 radical (unpaired) electrons. The molecule has 2 heterocycles. The van der Waals surface area contributed by atoms with Crippen LogP contribution in [0.2, 0.25) is 0 Å². The second kappa shape index (κ2) is 4.42. The van der Waals surface area contributed by atoms with Crippen molar-refractivity contribution in [3.8, 4) is 0 Å². The molecule has 0 amide bonds. The van der Waals surface area contributed by atoms with Crippen molar-refractivity contribution < 1.29 is 4.42 Å². The van der Waals surface area contributed by atoms with Gasteiger partial charge >= 0.3 is 5.76 Å². The fraction of sp³-hybridized carbons (Fsp3) is 0.0769. The fourth-order valence-corrected chi connectivity index (χ4v) is 2.30. The third-order valence-corrected chi connectivity index (χ3v) is 3.11. The first kappa shape index (κ1) is 11.2. The quantitative estimate of drug-likeness (QED) is 0.731. The summed E-state index contributed by atoms with van der Waals surface area (Å²) in [6, 6.07) is 9.31. The maximum Gasteiger partial charge on any atom is 0.420 e. The van der Waals surface area contributed by atoms with Crippen LogP contribution < -0.4 is 5.76 Å². The van der Waals surface area contributed by atoms with Crippen molar-refractivity contribution in [3.05, 3.63) is 63.3 Å². The number of aromatic nitrogens is 2. The lowest BCUT2D eigenvalue weighted by Crippen LogP contribution is -2.14. The summed E-state index contributed by atoms with van der Waals surface area (Å²) in [7, 11) is 0. The fourth-order valence-electron chi connectivity index (χ4n) is 1.89. The van der Waals surface area contributed by atoms with Gasteiger partial charge in [-0.2, -0.15) is 0 Å². The van der Waals surface area contributed by atoms with Gasteiger partial charge in [0.15, 0.2) is 5.58 Å². The van der Waals surface area contributed by atoms with Crippen molar-refractivity contribution in [3.63, 3.8) is 0 Å². The normalized spacial score (nSPS) is 10.9. The van der Waals surface area contributed by atoms with Gasteiger partial charge in [-0.1, -0.05) is 12.1 Å². The number of nitrogens with zero attached hydrogens (tertiary/aromatic N) is 2. The first-order chi connectivity index (χ1) is 8.74. The van der Waals surface area contributed by atoms with Crippen LogP contribution in [0, 0.1) is 0 Å². The number of hydrogen-bond donors (Lipinski definition) is 0. The summed E-state index contributed by atoms with van der Waals surface area (Å²) in [6.45, 7) is 0.447. The molecule has 3 rings (SSSR count). The predicted molar refractivity (Wildman–Crippen MR) is 71.5 cm³/mol. The molecular formula is C13H9BrN2O2. The Bertz CT molecular complexity index is 761. The standard InChI is InChI=1S/C13H9BrN2O2/c14-10-5-9(6-15-7-10)8-16-11-3-1-2-4-12(11)18-13(16)17/h1-7H,8H2. The molecule has 1 aromatic carbocycles. The van der Waals surface area contributed by atoms with Crippen molar-refractivity contribution >= 4 is 27.0 Å². The van der Waals surface area contributed by atoms with Crippen molar-refractivity contribution in [2.24, 2.45) is 0 Å². The monoisotopic (exact) mass is 304 g/mol. The molecule has 5 heteroatoms. The minimum Gasteiger partial charge on any atom is -0.408 e. The van der Waals surface area contributed by atoms with E-state index in [1.54, 1.807) is 23.0 Å². The summed E-state index contributed by atoms with van der Waals surface area (Å²) in [5.41, 5.74) is 2.34. The van der Waals surface area contributed by atoms with Crippen molar-refractivity contribution in [1.82, 2.24) is 9.55 Å². The van der Waals surface area contributed by atoms with Gasteiger partial charge in [0.2, 0.25) is 0 Å². The summed E-state index contributed by atoms with van der Waals surface area (Å²) in [5, 5.41) is 0. The zero-order valence-electron chi connectivity index (χ0n) is 9.34. The van der Waals surface area contributed by atoms with E-state index in [0.717, 1.165) is 15.6 Å². The Morgan fingerprint density at radius 3 is 2.94 bits per heavy atom. The van der Waals surface area contributed by atoms with Crippen LogP contribution in [0.4, 0.5) is 0 Å². The van der Waals surface area contributed by atoms with Gasteiger partial charge in [-0.05, 0) is 39.7 Å². The maximum absolute atomic E-state index is 11.8. The Morgan fingerprint density at radius 2 is 2.11 bits per heavy atom. The highest BCUT2D eigenvalue weighted by Crippen LogP contribution is 2.15. The first-order valence-electron chi connectivity index (χ1n) is 5.42. The molecule has 3 aromatic rings. The van der Waals surface area contributed by atoms with Crippen LogP contribution in [0.1, 0.15) is 5.56 Å². The molecule has 2 aromatic heterocycles. The molecular weight excluding hydrogens is 296 g/mol. The Kier molecular flexibility index (Phi) is 2.76. The number of para-hydroxylation sites is 2. The molecule has 0 fully saturated rings. The molecule has 0 N–H and O–H groups in total. The van der Waals surface area contributed by atoms with Crippen LogP contribution in [-0.2, 0) is 6.54 Å². The number of fused-ring (bicyclic) bond motifs is 1. The summed E-state index contributed by atoms with van der Waals surface area (Å²) in [6.07, 6.45) is 3.44. The Hall–Kier alpha value is -1.88. The second-order valence-corrected chi connectivity index (χ2v) is 4.85. The smallest absolute Gasteiger partial charge is 0.408 e. The zero-order valence-corrected chi connectivity index (χ0v) is 10.9. The highest BCUT2D eigenvalue weighted by molar-refractivity contribution is 9.10. The average molecular weight is 305 g/mol. The number of hydrogen-bond acceptors (Lipinski definition) is 3. The largest absolute Gasteiger partial charge is 0.420 e. The van der Waals surface area contributed by atoms with E-state index < -0.39 is 0 Å². The molecule has 4 nitrogen and oxygen atoms in total. The van der Waals surface area contributed by atoms with Crippen LogP contribution in [0.3, 0.4) is 0 Å². The minimum atomic E-state index is -0.351. The van der Waals surface area contributed by atoms with E-state index in [9.17, 15) is 4.79 Å². The molecule has 0 saturated heterocycles. The number of oxazole rings is 1. The molecule has 18 heavy (non-hydrogen) atoms. The molecule has 0 aliphatic carbocycles. The molecule has 0 atom stereocenters. The van der Waals surface area contributed by atoms with Crippen LogP contribution in [0.25, 0.3) is 11.1 Å². The third kappa shape index (κ3) is 1.97. The van der Waals surface area contributed by atoms with E-state index in [-0.39, 0.29) is 5.76 Å². The van der Waals surface area contributed by atoms with Gasteiger partial charge in [0.1, 0.15) is 0 Å². The molecule has 0 unspecified atom stereocenters. The molecule has 0 saturated carbocycles. The van der Waals surface area contributed by atoms with Gasteiger partial charge in [0.05, 0.1) is 12.1 Å². The number of benzene rings is 1. The Balaban J connectivity index is 2.10. The summed E-state index contributed by atoms with van der Waals surface area (Å²) >= 11 is 3.36. The Morgan fingerprint density at radius 1 is 1.28 bits per heavy atom. The number of halogens is 1. The first-order valence-corrected chi connectivity index (χ1v) is 6.21. The predicted octanol–water partition coefficient (Wildman–Crippen LogP) is 2.80. The van der Waals surface area contributed by atoms with E-state index in [2.05, 4.69) is 20.9 Å². The van der Waals surface area contributed by atoms with Crippen molar-refractivity contribution in [2.75, 3.05) is 0 Å². The molecule has 0 aliphatic rings. The number of pyridine rings is 1. The maximum atomic E-state index is 11.8. The topological polar surface area (TPSA) is 48.0 Å². The van der Waals surface area contributed by atoms with Crippen LogP contribution in [-0.4, -0.2) is 9.55 Å². The molecule has 90 valence electrons. The summed E-state index contributed by atoms with van der Waals surface area (Å²) < 4.78 is 7.66. The highest BCUT2D eigenvalue weighted by Gasteiger charge is 2.08. The Labute approximate surface area is 111 Å². The van der Waals surface area contributed by atoms with Crippen molar-refractivity contribution in [1.29, 1.82) is 0 Å². The van der Waals surface area contributed by atoms with Crippen molar-refractivity contribution in [2.45, 2.75) is 6.54 Å². The molecule has 0 aliphatic heterocycles. The lowest BCUT2D eigenvalue weighted by molar-refractivity contribution is 0.517. The van der Waals surface area contributed by atoms with E-state index >= 15 is 0 Å². The third-order valence-electron chi connectivity index (χ3n) is 2.68. The lowest BCUT2D eigenvalue weighted by Gasteiger charge is -2.02. The SMILES string of the molecule is O=c1oc2ccccc2n1Cc1cncc(Br)c1. The zero-order chi connectivity index (χ0) is 12.5. The van der Waals surface area contributed by atoms with E-state index in [4.69, 9.17) is 4.42 Å². The van der Waals surface area contributed by atoms with E-state index in [0.29, 0.717) is 12.1 Å². The van der Waals surface area contributed by atoms with Gasteiger partial charge in [-0.3, -0.25) is 9.55 Å². The second-order valence-electron chi connectivity index (χ2n) is 3.93. The van der Waals surface area contributed by atoms with Crippen LogP contribution in [0.15, 0.2) is 56.4 Å². The van der Waals surface area contributed by atoms with Gasteiger partial charge in [-0.25, -0.2) is 4.79 Å². The summed E-state index contributed by atoms with van der Waals surface area (Å²) in [4.78, 5) is 15.9. The van der Waals surface area contributed by atoms with E-state index in [1.807, 2.05) is 24.3 Å².